The molecule has 1 aliphatic rings. The smallest absolute Gasteiger partial charge is 0.259 e. The Morgan fingerprint density at radius 3 is 2.35 bits per heavy atom. The van der Waals surface area contributed by atoms with Gasteiger partial charge in [-0.25, -0.2) is 0 Å². The lowest BCUT2D eigenvalue weighted by Crippen LogP contribution is -2.31. The number of carbonyl (C=O) groups is 2. The third-order valence-corrected chi connectivity index (χ3v) is 6.99. The third-order valence-electron chi connectivity index (χ3n) is 5.85. The van der Waals surface area contributed by atoms with Gasteiger partial charge in [-0.1, -0.05) is 84.1 Å². The van der Waals surface area contributed by atoms with Gasteiger partial charge in [0, 0.05) is 21.9 Å². The first kappa shape index (κ1) is 22.0. The molecule has 0 spiro atoms. The number of anilines is 1. The maximum atomic E-state index is 13.6. The quantitative estimate of drug-likeness (QED) is 0.381. The number of rotatable bonds is 5. The van der Waals surface area contributed by atoms with Crippen LogP contribution in [0.3, 0.4) is 0 Å². The van der Waals surface area contributed by atoms with Gasteiger partial charge in [0.2, 0.25) is 0 Å². The second-order valence-corrected chi connectivity index (χ2v) is 9.41. The average Bonchev–Trinajstić information content (AvgIpc) is 2.98. The molecule has 4 aromatic rings. The van der Waals surface area contributed by atoms with Gasteiger partial charge in [0.15, 0.2) is 0 Å². The highest BCUT2D eigenvalue weighted by molar-refractivity contribution is 7.99. The number of hydrogen-bond donors (Lipinski definition) is 1. The molecule has 0 unspecified atom stereocenters. The molecule has 1 N–H and O–H groups in total. The summed E-state index contributed by atoms with van der Waals surface area (Å²) in [6, 6.07) is 31.3. The topological polar surface area (TPSA) is 49.4 Å². The van der Waals surface area contributed by atoms with Crippen LogP contribution in [0.1, 0.15) is 37.4 Å². The van der Waals surface area contributed by atoms with Gasteiger partial charge in [0.1, 0.15) is 0 Å². The zero-order chi connectivity index (χ0) is 23.5. The van der Waals surface area contributed by atoms with Crippen molar-refractivity contribution in [3.63, 3.8) is 0 Å². The van der Waals surface area contributed by atoms with Gasteiger partial charge in [-0.15, -0.1) is 0 Å². The van der Waals surface area contributed by atoms with Crippen LogP contribution in [-0.4, -0.2) is 11.8 Å². The second kappa shape index (κ2) is 9.57. The molecule has 0 radical (unpaired) electrons. The Morgan fingerprint density at radius 2 is 1.56 bits per heavy atom. The first-order valence-electron chi connectivity index (χ1n) is 11.2. The number of hydrogen-bond acceptors (Lipinski definition) is 3. The van der Waals surface area contributed by atoms with Crippen LogP contribution in [0.25, 0.3) is 0 Å². The molecule has 0 fully saturated rings. The van der Waals surface area contributed by atoms with Crippen LogP contribution in [0.4, 0.5) is 5.69 Å². The molecule has 0 bridgehead atoms. The first-order valence-corrected chi connectivity index (χ1v) is 12.0. The van der Waals surface area contributed by atoms with E-state index in [1.165, 1.54) is 5.56 Å². The zero-order valence-corrected chi connectivity index (χ0v) is 19.6. The minimum absolute atomic E-state index is 0.0667. The highest BCUT2D eigenvalue weighted by Gasteiger charge is 2.28. The normalized spacial score (nSPS) is 12.5. The van der Waals surface area contributed by atoms with E-state index in [0.29, 0.717) is 24.2 Å². The van der Waals surface area contributed by atoms with E-state index in [0.717, 1.165) is 26.6 Å². The van der Waals surface area contributed by atoms with Crippen molar-refractivity contribution in [2.75, 3.05) is 4.90 Å². The van der Waals surface area contributed by atoms with Crippen molar-refractivity contribution < 1.29 is 9.59 Å². The van der Waals surface area contributed by atoms with Crippen LogP contribution < -0.4 is 10.2 Å². The van der Waals surface area contributed by atoms with Crippen molar-refractivity contribution in [1.82, 2.24) is 5.32 Å². The number of benzene rings is 4. The first-order chi connectivity index (χ1) is 16.6. The van der Waals surface area contributed by atoms with Crippen LogP contribution >= 0.6 is 11.8 Å². The molecular formula is C29H24N2O2S. The molecule has 4 nitrogen and oxygen atoms in total. The zero-order valence-electron chi connectivity index (χ0n) is 18.8. The predicted molar refractivity (Wildman–Crippen MR) is 136 cm³/mol. The molecule has 0 saturated carbocycles. The van der Waals surface area contributed by atoms with Crippen molar-refractivity contribution >= 4 is 29.3 Å². The van der Waals surface area contributed by atoms with E-state index in [-0.39, 0.29) is 11.8 Å². The lowest BCUT2D eigenvalue weighted by molar-refractivity contribution is 0.0947. The summed E-state index contributed by atoms with van der Waals surface area (Å²) in [5, 5.41) is 3.00. The van der Waals surface area contributed by atoms with Crippen LogP contribution in [0, 0.1) is 6.92 Å². The third kappa shape index (κ3) is 4.61. The lowest BCUT2D eigenvalue weighted by Gasteiger charge is -2.24. The summed E-state index contributed by atoms with van der Waals surface area (Å²) in [6.07, 6.45) is 0. The molecule has 34 heavy (non-hydrogen) atoms. The van der Waals surface area contributed by atoms with Gasteiger partial charge in [-0.05, 0) is 48.4 Å². The van der Waals surface area contributed by atoms with Gasteiger partial charge in [0.05, 0.1) is 17.8 Å². The minimum Gasteiger partial charge on any atom is -0.348 e. The fourth-order valence-corrected chi connectivity index (χ4v) is 5.03. The summed E-state index contributed by atoms with van der Waals surface area (Å²) in [6.45, 7) is 2.91. The van der Waals surface area contributed by atoms with E-state index in [9.17, 15) is 9.59 Å². The summed E-state index contributed by atoms with van der Waals surface area (Å²) in [5.74, 6) is -0.231. The predicted octanol–water partition coefficient (Wildman–Crippen LogP) is 6.24. The van der Waals surface area contributed by atoms with Crippen molar-refractivity contribution in [2.24, 2.45) is 0 Å². The van der Waals surface area contributed by atoms with Crippen molar-refractivity contribution in [3.05, 3.63) is 125 Å². The standard InChI is InChI=1S/C29H24N2O2S/c1-20-11-13-21(14-12-20)18-30-28(32)23-15-16-27-25(17-23)31(19-22-7-3-2-4-8-22)29(33)24-9-5-6-10-26(24)34-27/h2-17H,18-19H2,1H3,(H,30,32). The molecule has 0 aliphatic carbocycles. The molecule has 4 aromatic carbocycles. The lowest BCUT2D eigenvalue weighted by atomic mass is 10.1. The van der Waals surface area contributed by atoms with E-state index in [4.69, 9.17) is 0 Å². The fourth-order valence-electron chi connectivity index (χ4n) is 3.97. The molecule has 0 aromatic heterocycles. The van der Waals surface area contributed by atoms with Gasteiger partial charge in [0.25, 0.3) is 11.8 Å². The van der Waals surface area contributed by atoms with Crippen LogP contribution in [-0.2, 0) is 13.1 Å². The highest BCUT2D eigenvalue weighted by atomic mass is 32.2. The van der Waals surface area contributed by atoms with Crippen LogP contribution in [0.2, 0.25) is 0 Å². The Hall–Kier alpha value is -3.83. The Bertz CT molecular complexity index is 1350. The Kier molecular flexibility index (Phi) is 6.19. The number of nitrogens with one attached hydrogen (secondary N) is 1. The Morgan fingerprint density at radius 1 is 0.824 bits per heavy atom. The second-order valence-electron chi connectivity index (χ2n) is 8.33. The van der Waals surface area contributed by atoms with Gasteiger partial charge < -0.3 is 10.2 Å². The molecule has 1 heterocycles. The molecule has 0 atom stereocenters. The van der Waals surface area contributed by atoms with Gasteiger partial charge in [-0.3, -0.25) is 9.59 Å². The SMILES string of the molecule is Cc1ccc(CNC(=O)c2ccc3c(c2)N(Cc2ccccc2)C(=O)c2ccccc2S3)cc1. The molecular weight excluding hydrogens is 440 g/mol. The summed E-state index contributed by atoms with van der Waals surface area (Å²) >= 11 is 1.56. The van der Waals surface area contributed by atoms with E-state index in [1.54, 1.807) is 16.7 Å². The minimum atomic E-state index is -0.165. The van der Waals surface area contributed by atoms with Gasteiger partial charge in [-0.2, -0.15) is 0 Å². The summed E-state index contributed by atoms with van der Waals surface area (Å²) in [4.78, 5) is 30.3. The number of nitrogens with zero attached hydrogens (tertiary/aromatic N) is 1. The van der Waals surface area contributed by atoms with Crippen molar-refractivity contribution in [3.8, 4) is 0 Å². The van der Waals surface area contributed by atoms with Crippen molar-refractivity contribution in [1.29, 1.82) is 0 Å². The Balaban J connectivity index is 1.48. The molecule has 2 amide bonds. The number of fused-ring (bicyclic) bond motifs is 2. The Labute approximate surface area is 203 Å². The fraction of sp³-hybridized carbons (Fsp3) is 0.103. The largest absolute Gasteiger partial charge is 0.348 e. The summed E-state index contributed by atoms with van der Waals surface area (Å²) in [5.41, 5.74) is 5.20. The highest BCUT2D eigenvalue weighted by Crippen LogP contribution is 2.42. The van der Waals surface area contributed by atoms with Crippen LogP contribution in [0.5, 0.6) is 0 Å². The maximum absolute atomic E-state index is 13.6. The van der Waals surface area contributed by atoms with Crippen molar-refractivity contribution in [2.45, 2.75) is 29.8 Å². The number of carbonyl (C=O) groups excluding carboxylic acids is 2. The molecule has 5 heteroatoms. The number of amides is 2. The van der Waals surface area contributed by atoms with E-state index >= 15 is 0 Å². The van der Waals surface area contributed by atoms with E-state index in [1.807, 2.05) is 104 Å². The summed E-state index contributed by atoms with van der Waals surface area (Å²) < 4.78 is 0. The van der Waals surface area contributed by atoms with E-state index in [2.05, 4.69) is 5.32 Å². The number of aryl methyl sites for hydroxylation is 1. The maximum Gasteiger partial charge on any atom is 0.259 e. The molecule has 1 aliphatic heterocycles. The van der Waals surface area contributed by atoms with Crippen LogP contribution in [0.15, 0.2) is 107 Å². The monoisotopic (exact) mass is 464 g/mol. The van der Waals surface area contributed by atoms with Gasteiger partial charge >= 0.3 is 0 Å². The average molecular weight is 465 g/mol. The van der Waals surface area contributed by atoms with E-state index < -0.39 is 0 Å². The summed E-state index contributed by atoms with van der Waals surface area (Å²) in [7, 11) is 0. The molecule has 0 saturated heterocycles. The molecule has 5 rings (SSSR count). The molecule has 168 valence electrons.